The first-order valence-corrected chi connectivity index (χ1v) is 6.52. The van der Waals surface area contributed by atoms with E-state index in [4.69, 9.17) is 0 Å². The molecule has 20 heavy (non-hydrogen) atoms. The van der Waals surface area contributed by atoms with Crippen LogP contribution >= 0.6 is 0 Å². The second-order valence-corrected chi connectivity index (χ2v) is 5.48. The number of carboxylic acid groups (broad SMARTS) is 1. The van der Waals surface area contributed by atoms with Crippen molar-refractivity contribution in [3.05, 3.63) is 24.7 Å². The summed E-state index contributed by atoms with van der Waals surface area (Å²) < 4.78 is 22.5. The summed E-state index contributed by atoms with van der Waals surface area (Å²) in [5, 5.41) is 18.7. The highest BCUT2D eigenvalue weighted by atomic mass is 32.2. The summed E-state index contributed by atoms with van der Waals surface area (Å²) in [6.07, 6.45) is 5.32. The van der Waals surface area contributed by atoms with Gasteiger partial charge in [0.25, 0.3) is 0 Å². The number of allylic oxidation sites excluding steroid dienone is 1. The molecule has 0 aromatic carbocycles. The van der Waals surface area contributed by atoms with E-state index in [-0.39, 0.29) is 6.54 Å². The van der Waals surface area contributed by atoms with Crippen molar-refractivity contribution in [2.75, 3.05) is 0 Å². The highest BCUT2D eigenvalue weighted by molar-refractivity contribution is 7.80. The van der Waals surface area contributed by atoms with Crippen LogP contribution in [-0.4, -0.2) is 51.9 Å². The number of hydrogen-bond acceptors (Lipinski definition) is 7. The third-order valence-electron chi connectivity index (χ3n) is 2.62. The van der Waals surface area contributed by atoms with E-state index >= 15 is 0 Å². The summed E-state index contributed by atoms with van der Waals surface area (Å²) in [5.74, 6) is -1.37. The van der Waals surface area contributed by atoms with E-state index in [9.17, 15) is 23.5 Å². The summed E-state index contributed by atoms with van der Waals surface area (Å²) in [7, 11) is 0. The molecule has 0 saturated carbocycles. The molecule has 0 amide bonds. The Balaban J connectivity index is 3.05. The molecule has 10 heteroatoms. The van der Waals surface area contributed by atoms with Crippen LogP contribution in [0, 0.1) is 0 Å². The van der Waals surface area contributed by atoms with Gasteiger partial charge in [0.05, 0.1) is 17.5 Å². The predicted molar refractivity (Wildman–Crippen MR) is 67.1 cm³/mol. The fourth-order valence-electron chi connectivity index (χ4n) is 1.58. The lowest BCUT2D eigenvalue weighted by Gasteiger charge is -2.36. The fraction of sp³-hybridized carbons (Fsp3) is 0.400. The number of aliphatic carboxylic acids is 1. The molecule has 0 aliphatic rings. The zero-order valence-corrected chi connectivity index (χ0v) is 11.3. The van der Waals surface area contributed by atoms with Gasteiger partial charge in [0, 0.05) is 12.4 Å². The standard InChI is InChI=1S/C10H14N4O5S/c1-10(20(18)19,7-14-5-4-12-13-14)8(9(16)17)11-3-2-6-15/h2-6,8,11H,7H2,1H3,(H,16,17)(H,18,19)/p-1. The predicted octanol–water partition coefficient (Wildman–Crippen LogP) is -1.33. The molecular formula is C10H13N4O5S-. The minimum atomic E-state index is -2.71. The Morgan fingerprint density at radius 3 is 2.85 bits per heavy atom. The maximum atomic E-state index is 11.5. The van der Waals surface area contributed by atoms with Crippen LogP contribution in [0.4, 0.5) is 0 Å². The lowest BCUT2D eigenvalue weighted by atomic mass is 10.0. The molecule has 3 atom stereocenters. The summed E-state index contributed by atoms with van der Waals surface area (Å²) in [4.78, 5) is 21.4. The number of carbonyl (C=O) groups excluding carboxylic acids is 1. The van der Waals surface area contributed by atoms with Gasteiger partial charge in [-0.25, -0.2) is 4.79 Å². The quantitative estimate of drug-likeness (QED) is 0.342. The maximum Gasteiger partial charge on any atom is 0.327 e. The average Bonchev–Trinajstić information content (AvgIpc) is 2.86. The van der Waals surface area contributed by atoms with Crippen LogP contribution in [0.3, 0.4) is 0 Å². The lowest BCUT2D eigenvalue weighted by Crippen LogP contribution is -2.56. The SMILES string of the molecule is CC(Cn1ccnn1)(C(NC=CC=O)C(=O)O)S(=O)[O-]. The van der Waals surface area contributed by atoms with Gasteiger partial charge in [-0.3, -0.25) is 13.7 Å². The minimum Gasteiger partial charge on any atom is -0.772 e. The molecule has 1 rings (SSSR count). The van der Waals surface area contributed by atoms with E-state index in [0.717, 1.165) is 12.3 Å². The van der Waals surface area contributed by atoms with E-state index in [1.165, 1.54) is 24.0 Å². The van der Waals surface area contributed by atoms with Crippen molar-refractivity contribution in [3.63, 3.8) is 0 Å². The van der Waals surface area contributed by atoms with Gasteiger partial charge < -0.3 is 15.0 Å². The molecular weight excluding hydrogens is 288 g/mol. The van der Waals surface area contributed by atoms with Crippen molar-refractivity contribution in [2.24, 2.45) is 0 Å². The van der Waals surface area contributed by atoms with E-state index < -0.39 is 27.8 Å². The monoisotopic (exact) mass is 301 g/mol. The molecule has 0 aliphatic heterocycles. The van der Waals surface area contributed by atoms with Crippen molar-refractivity contribution in [2.45, 2.75) is 24.3 Å². The van der Waals surface area contributed by atoms with E-state index in [2.05, 4.69) is 15.6 Å². The third-order valence-corrected chi connectivity index (χ3v) is 3.75. The fourth-order valence-corrected chi connectivity index (χ4v) is 2.18. The molecule has 1 heterocycles. The van der Waals surface area contributed by atoms with Crippen molar-refractivity contribution in [3.8, 4) is 0 Å². The van der Waals surface area contributed by atoms with Gasteiger partial charge in [-0.1, -0.05) is 5.21 Å². The Hall–Kier alpha value is -2.07. The lowest BCUT2D eigenvalue weighted by molar-refractivity contribution is -0.140. The van der Waals surface area contributed by atoms with Gasteiger partial charge in [-0.15, -0.1) is 5.10 Å². The zero-order chi connectivity index (χ0) is 15.2. The highest BCUT2D eigenvalue weighted by Gasteiger charge is 2.41. The number of aldehydes is 1. The molecule has 0 aliphatic carbocycles. The smallest absolute Gasteiger partial charge is 0.327 e. The molecule has 0 spiro atoms. The van der Waals surface area contributed by atoms with Gasteiger partial charge in [0.2, 0.25) is 0 Å². The molecule has 0 bridgehead atoms. The first-order chi connectivity index (χ1) is 9.41. The molecule has 0 fully saturated rings. The number of hydrogen-bond donors (Lipinski definition) is 2. The van der Waals surface area contributed by atoms with E-state index in [1.807, 2.05) is 0 Å². The Kier molecular flexibility index (Phi) is 5.53. The Labute approximate surface area is 117 Å². The first kappa shape index (κ1) is 16.0. The van der Waals surface area contributed by atoms with Crippen LogP contribution in [0.5, 0.6) is 0 Å². The second kappa shape index (κ2) is 6.91. The molecule has 110 valence electrons. The Morgan fingerprint density at radius 2 is 2.40 bits per heavy atom. The second-order valence-electron chi connectivity index (χ2n) is 4.08. The summed E-state index contributed by atoms with van der Waals surface area (Å²) >= 11 is -2.71. The minimum absolute atomic E-state index is 0.206. The number of carboxylic acids is 1. The van der Waals surface area contributed by atoms with E-state index in [1.54, 1.807) is 0 Å². The van der Waals surface area contributed by atoms with Gasteiger partial charge >= 0.3 is 5.97 Å². The number of aromatic nitrogens is 3. The van der Waals surface area contributed by atoms with Crippen LogP contribution < -0.4 is 5.32 Å². The molecule has 0 saturated heterocycles. The molecule has 3 unspecified atom stereocenters. The highest BCUT2D eigenvalue weighted by Crippen LogP contribution is 2.20. The molecule has 0 radical (unpaired) electrons. The van der Waals surface area contributed by atoms with Gasteiger partial charge in [-0.2, -0.15) is 0 Å². The first-order valence-electron chi connectivity index (χ1n) is 5.44. The van der Waals surface area contributed by atoms with Gasteiger partial charge in [-0.05, 0) is 24.1 Å². The van der Waals surface area contributed by atoms with Crippen LogP contribution in [0.2, 0.25) is 0 Å². The summed E-state index contributed by atoms with van der Waals surface area (Å²) in [5.41, 5.74) is 0. The molecule has 1 aromatic heterocycles. The van der Waals surface area contributed by atoms with Gasteiger partial charge in [0.15, 0.2) is 0 Å². The van der Waals surface area contributed by atoms with Gasteiger partial charge in [0.1, 0.15) is 12.3 Å². The number of carbonyl (C=O) groups is 2. The largest absolute Gasteiger partial charge is 0.772 e. The average molecular weight is 301 g/mol. The number of nitrogens with zero attached hydrogens (tertiary/aromatic N) is 3. The Bertz CT molecular complexity index is 518. The summed E-state index contributed by atoms with van der Waals surface area (Å²) in [6, 6.07) is -1.46. The van der Waals surface area contributed by atoms with Crippen molar-refractivity contribution < 1.29 is 23.5 Å². The van der Waals surface area contributed by atoms with Crippen LogP contribution in [0.1, 0.15) is 6.92 Å². The molecule has 9 nitrogen and oxygen atoms in total. The third kappa shape index (κ3) is 3.71. The summed E-state index contributed by atoms with van der Waals surface area (Å²) in [6.45, 7) is 1.06. The van der Waals surface area contributed by atoms with E-state index in [0.29, 0.717) is 6.29 Å². The van der Waals surface area contributed by atoms with Crippen LogP contribution in [0.15, 0.2) is 24.7 Å². The zero-order valence-electron chi connectivity index (χ0n) is 10.5. The molecule has 1 aromatic rings. The number of rotatable bonds is 8. The normalized spacial score (nSPS) is 17.3. The number of nitrogens with one attached hydrogen (secondary N) is 1. The van der Waals surface area contributed by atoms with Crippen molar-refractivity contribution in [1.29, 1.82) is 0 Å². The molecule has 2 N–H and O–H groups in total. The Morgan fingerprint density at radius 1 is 1.70 bits per heavy atom. The van der Waals surface area contributed by atoms with Crippen LogP contribution in [0.25, 0.3) is 0 Å². The maximum absolute atomic E-state index is 11.5. The van der Waals surface area contributed by atoms with Crippen molar-refractivity contribution >= 4 is 23.3 Å². The topological polar surface area (TPSA) is 137 Å². The van der Waals surface area contributed by atoms with Crippen molar-refractivity contribution in [1.82, 2.24) is 20.3 Å². The van der Waals surface area contributed by atoms with Crippen LogP contribution in [-0.2, 0) is 27.2 Å².